The van der Waals surface area contributed by atoms with Crippen LogP contribution in [-0.4, -0.2) is 24.0 Å². The normalized spacial score (nSPS) is 15.7. The number of anilines is 2. The van der Waals surface area contributed by atoms with Crippen molar-refractivity contribution in [2.24, 2.45) is 5.92 Å². The van der Waals surface area contributed by atoms with Gasteiger partial charge in [0, 0.05) is 24.3 Å². The van der Waals surface area contributed by atoms with Crippen molar-refractivity contribution < 1.29 is 18.0 Å². The molecule has 1 saturated heterocycles. The molecule has 1 aliphatic heterocycles. The summed E-state index contributed by atoms with van der Waals surface area (Å²) in [5, 5.41) is 2.27. The predicted octanol–water partition coefficient (Wildman–Crippen LogP) is 5.24. The molecule has 1 fully saturated rings. The second kappa shape index (κ2) is 7.76. The van der Waals surface area contributed by atoms with Crippen LogP contribution in [0.3, 0.4) is 0 Å². The van der Waals surface area contributed by atoms with Gasteiger partial charge in [0.2, 0.25) is 0 Å². The average molecular weight is 398 g/mol. The molecule has 0 bridgehead atoms. The Balaban J connectivity index is 1.80. The van der Waals surface area contributed by atoms with Crippen molar-refractivity contribution in [3.8, 4) is 0 Å². The fourth-order valence-corrected chi connectivity index (χ4v) is 3.22. The number of amides is 1. The fraction of sp³-hybridized carbons (Fsp3) is 0.368. The standard InChI is InChI=1S/C19H19ClF3N3O/c1-12-4-6-26(7-5-12)15-8-13(10-24-11-15)18(27)25-17-3-2-14(20)9-16(17)19(21,22)23/h2-3,8-12H,4-7H2,1H3,(H,25,27). The van der Waals surface area contributed by atoms with Crippen LogP contribution in [0.25, 0.3) is 0 Å². The average Bonchev–Trinajstić information content (AvgIpc) is 2.63. The number of rotatable bonds is 3. The second-order valence-electron chi connectivity index (χ2n) is 6.74. The summed E-state index contributed by atoms with van der Waals surface area (Å²) in [5.41, 5.74) is -0.331. The van der Waals surface area contributed by atoms with Gasteiger partial charge in [-0.1, -0.05) is 18.5 Å². The topological polar surface area (TPSA) is 45.2 Å². The van der Waals surface area contributed by atoms with E-state index in [9.17, 15) is 18.0 Å². The van der Waals surface area contributed by atoms with Crippen molar-refractivity contribution in [2.45, 2.75) is 25.9 Å². The number of carbonyl (C=O) groups is 1. The molecule has 0 radical (unpaired) electrons. The summed E-state index contributed by atoms with van der Waals surface area (Å²) in [6, 6.07) is 4.89. The summed E-state index contributed by atoms with van der Waals surface area (Å²) < 4.78 is 39.6. The van der Waals surface area contributed by atoms with Crippen molar-refractivity contribution in [1.82, 2.24) is 4.98 Å². The smallest absolute Gasteiger partial charge is 0.370 e. The van der Waals surface area contributed by atoms with E-state index < -0.39 is 17.6 Å². The number of aromatic nitrogens is 1. The Hall–Kier alpha value is -2.28. The highest BCUT2D eigenvalue weighted by atomic mass is 35.5. The third-order valence-corrected chi connectivity index (χ3v) is 4.91. The molecule has 8 heteroatoms. The van der Waals surface area contributed by atoms with Crippen LogP contribution >= 0.6 is 11.6 Å². The largest absolute Gasteiger partial charge is 0.418 e. The molecule has 1 aromatic heterocycles. The SMILES string of the molecule is CC1CCN(c2cncc(C(=O)Nc3ccc(Cl)cc3C(F)(F)F)c2)CC1. The highest BCUT2D eigenvalue weighted by molar-refractivity contribution is 6.30. The molecule has 0 saturated carbocycles. The number of halogens is 4. The molecule has 0 aliphatic carbocycles. The predicted molar refractivity (Wildman–Crippen MR) is 99.3 cm³/mol. The Morgan fingerprint density at radius 2 is 1.93 bits per heavy atom. The quantitative estimate of drug-likeness (QED) is 0.770. The van der Waals surface area contributed by atoms with Gasteiger partial charge in [-0.15, -0.1) is 0 Å². The number of nitrogens with zero attached hydrogens (tertiary/aromatic N) is 2. The number of carbonyl (C=O) groups excluding carboxylic acids is 1. The number of hydrogen-bond acceptors (Lipinski definition) is 3. The number of piperidine rings is 1. The minimum Gasteiger partial charge on any atom is -0.370 e. The van der Waals surface area contributed by atoms with E-state index in [4.69, 9.17) is 11.6 Å². The summed E-state index contributed by atoms with van der Waals surface area (Å²) >= 11 is 5.67. The van der Waals surface area contributed by atoms with E-state index >= 15 is 0 Å². The third-order valence-electron chi connectivity index (χ3n) is 4.67. The lowest BCUT2D eigenvalue weighted by Crippen LogP contribution is -2.33. The summed E-state index contributed by atoms with van der Waals surface area (Å²) in [6.07, 6.45) is 0.481. The molecule has 0 unspecified atom stereocenters. The Morgan fingerprint density at radius 1 is 1.22 bits per heavy atom. The molecule has 2 aromatic rings. The Kier molecular flexibility index (Phi) is 5.60. The maximum atomic E-state index is 13.2. The molecule has 3 rings (SSSR count). The summed E-state index contributed by atoms with van der Waals surface area (Å²) in [5.74, 6) is 0.00827. The van der Waals surface area contributed by atoms with Crippen LogP contribution in [0.15, 0.2) is 36.7 Å². The van der Waals surface area contributed by atoms with Gasteiger partial charge in [-0.2, -0.15) is 13.2 Å². The molecule has 27 heavy (non-hydrogen) atoms. The van der Waals surface area contributed by atoms with Crippen LogP contribution in [0.4, 0.5) is 24.5 Å². The van der Waals surface area contributed by atoms with E-state index in [1.165, 1.54) is 12.3 Å². The van der Waals surface area contributed by atoms with Crippen molar-refractivity contribution in [1.29, 1.82) is 0 Å². The number of alkyl halides is 3. The van der Waals surface area contributed by atoms with Crippen LogP contribution in [0, 0.1) is 5.92 Å². The number of hydrogen-bond donors (Lipinski definition) is 1. The number of nitrogens with one attached hydrogen (secondary N) is 1. The summed E-state index contributed by atoms with van der Waals surface area (Å²) in [6.45, 7) is 3.93. The van der Waals surface area contributed by atoms with Crippen LogP contribution in [-0.2, 0) is 6.18 Å². The van der Waals surface area contributed by atoms with Crippen LogP contribution in [0.5, 0.6) is 0 Å². The molecule has 1 aromatic carbocycles. The minimum atomic E-state index is -4.63. The highest BCUT2D eigenvalue weighted by Crippen LogP contribution is 2.36. The zero-order valence-electron chi connectivity index (χ0n) is 14.7. The first kappa shape index (κ1) is 19.5. The molecule has 1 aliphatic rings. The van der Waals surface area contributed by atoms with Gasteiger partial charge >= 0.3 is 6.18 Å². The molecule has 1 N–H and O–H groups in total. The van der Waals surface area contributed by atoms with Crippen LogP contribution in [0.2, 0.25) is 5.02 Å². The zero-order valence-corrected chi connectivity index (χ0v) is 15.4. The van der Waals surface area contributed by atoms with Gasteiger partial charge in [0.25, 0.3) is 5.91 Å². The Labute approximate surface area is 160 Å². The molecular formula is C19H19ClF3N3O. The fourth-order valence-electron chi connectivity index (χ4n) is 3.05. The van der Waals surface area contributed by atoms with Gasteiger partial charge in [-0.3, -0.25) is 9.78 Å². The van der Waals surface area contributed by atoms with Crippen LogP contribution in [0.1, 0.15) is 35.7 Å². The molecule has 4 nitrogen and oxygen atoms in total. The van der Waals surface area contributed by atoms with E-state index in [0.717, 1.165) is 43.8 Å². The zero-order chi connectivity index (χ0) is 19.6. The van der Waals surface area contributed by atoms with E-state index in [1.54, 1.807) is 12.3 Å². The lowest BCUT2D eigenvalue weighted by Gasteiger charge is -2.32. The van der Waals surface area contributed by atoms with Gasteiger partial charge < -0.3 is 10.2 Å². The third kappa shape index (κ3) is 4.71. The van der Waals surface area contributed by atoms with Crippen molar-refractivity contribution in [3.63, 3.8) is 0 Å². The first-order chi connectivity index (χ1) is 12.7. The van der Waals surface area contributed by atoms with Gasteiger partial charge in [0.1, 0.15) is 0 Å². The number of pyridine rings is 1. The van der Waals surface area contributed by atoms with Gasteiger partial charge in [-0.25, -0.2) is 0 Å². The van der Waals surface area contributed by atoms with Gasteiger partial charge in [0.15, 0.2) is 0 Å². The maximum Gasteiger partial charge on any atom is 0.418 e. The molecule has 2 heterocycles. The summed E-state index contributed by atoms with van der Waals surface area (Å²) in [7, 11) is 0. The van der Waals surface area contributed by atoms with Crippen molar-refractivity contribution >= 4 is 28.9 Å². The summed E-state index contributed by atoms with van der Waals surface area (Å²) in [4.78, 5) is 18.7. The van der Waals surface area contributed by atoms with E-state index in [0.29, 0.717) is 5.92 Å². The van der Waals surface area contributed by atoms with Gasteiger partial charge in [-0.05, 0) is 43.0 Å². The monoisotopic (exact) mass is 397 g/mol. The Morgan fingerprint density at radius 3 is 2.59 bits per heavy atom. The Bertz CT molecular complexity index is 833. The van der Waals surface area contributed by atoms with E-state index in [2.05, 4.69) is 22.1 Å². The molecule has 0 atom stereocenters. The second-order valence-corrected chi connectivity index (χ2v) is 7.18. The van der Waals surface area contributed by atoms with E-state index in [-0.39, 0.29) is 16.3 Å². The highest BCUT2D eigenvalue weighted by Gasteiger charge is 2.34. The first-order valence-electron chi connectivity index (χ1n) is 8.62. The lowest BCUT2D eigenvalue weighted by atomic mass is 9.99. The van der Waals surface area contributed by atoms with Crippen molar-refractivity contribution in [2.75, 3.05) is 23.3 Å². The van der Waals surface area contributed by atoms with Crippen molar-refractivity contribution in [3.05, 3.63) is 52.8 Å². The van der Waals surface area contributed by atoms with E-state index in [1.807, 2.05) is 0 Å². The van der Waals surface area contributed by atoms with Gasteiger partial charge in [0.05, 0.1) is 28.7 Å². The lowest BCUT2D eigenvalue weighted by molar-refractivity contribution is -0.136. The molecule has 144 valence electrons. The van der Waals surface area contributed by atoms with Crippen LogP contribution < -0.4 is 10.2 Å². The minimum absolute atomic E-state index is 0.0525. The first-order valence-corrected chi connectivity index (χ1v) is 9.00. The number of benzene rings is 1. The maximum absolute atomic E-state index is 13.2. The molecule has 0 spiro atoms. The molecule has 1 amide bonds. The molecular weight excluding hydrogens is 379 g/mol.